The molecule has 4 rings (SSSR count). The van der Waals surface area contributed by atoms with E-state index in [4.69, 9.17) is 25.5 Å². The Hall–Kier alpha value is -3.71. The third-order valence-corrected chi connectivity index (χ3v) is 5.21. The number of anilines is 1. The zero-order chi connectivity index (χ0) is 23.2. The van der Waals surface area contributed by atoms with Crippen molar-refractivity contribution in [3.8, 4) is 11.5 Å². The number of aryl methyl sites for hydroxylation is 2. The van der Waals surface area contributed by atoms with E-state index >= 15 is 0 Å². The molecule has 1 amide bonds. The number of halogens is 1. The van der Waals surface area contributed by atoms with Crippen LogP contribution in [0.3, 0.4) is 0 Å². The van der Waals surface area contributed by atoms with Gasteiger partial charge in [0.25, 0.3) is 5.91 Å². The quantitative estimate of drug-likeness (QED) is 0.334. The minimum atomic E-state index is -0.375. The van der Waals surface area contributed by atoms with Crippen LogP contribution in [0.15, 0.2) is 71.4 Å². The molecule has 0 atom stereocenters. The van der Waals surface area contributed by atoms with Gasteiger partial charge >= 0.3 is 0 Å². The van der Waals surface area contributed by atoms with Gasteiger partial charge in [-0.2, -0.15) is 5.10 Å². The van der Waals surface area contributed by atoms with Crippen LogP contribution in [0.5, 0.6) is 11.5 Å². The van der Waals surface area contributed by atoms with Crippen LogP contribution in [0.1, 0.15) is 34.4 Å². The maximum absolute atomic E-state index is 12.5. The lowest BCUT2D eigenvalue weighted by Crippen LogP contribution is -2.10. The third-order valence-electron chi connectivity index (χ3n) is 4.98. The Labute approximate surface area is 196 Å². The van der Waals surface area contributed by atoms with E-state index < -0.39 is 0 Å². The molecule has 2 aromatic heterocycles. The second kappa shape index (κ2) is 10.3. The van der Waals surface area contributed by atoms with Gasteiger partial charge in [-0.3, -0.25) is 4.79 Å². The standard InChI is InChI=1S/C25H24ClN3O4/c1-3-18-4-7-21(8-5-18)32-16-29-14-20(13-27-29)28-25(30)24-11-9-22(33-24)15-31-23-10-6-19(26)12-17(23)2/h4-14H,3,15-16H2,1-2H3,(H,28,30). The predicted octanol–water partition coefficient (Wildman–Crippen LogP) is 5.87. The van der Waals surface area contributed by atoms with E-state index in [0.29, 0.717) is 22.2 Å². The van der Waals surface area contributed by atoms with Crippen LogP contribution in [0.2, 0.25) is 5.02 Å². The van der Waals surface area contributed by atoms with Gasteiger partial charge in [-0.1, -0.05) is 30.7 Å². The number of aromatic nitrogens is 2. The number of hydrogen-bond acceptors (Lipinski definition) is 5. The first-order chi connectivity index (χ1) is 16.0. The Morgan fingerprint density at radius 3 is 2.70 bits per heavy atom. The monoisotopic (exact) mass is 465 g/mol. The van der Waals surface area contributed by atoms with E-state index in [1.165, 1.54) is 5.56 Å². The maximum atomic E-state index is 12.5. The number of amides is 1. The number of carbonyl (C=O) groups is 1. The molecule has 2 heterocycles. The second-order valence-electron chi connectivity index (χ2n) is 7.46. The molecule has 0 radical (unpaired) electrons. The first-order valence-electron chi connectivity index (χ1n) is 10.5. The topological polar surface area (TPSA) is 78.5 Å². The number of furan rings is 1. The first-order valence-corrected chi connectivity index (χ1v) is 10.9. The Morgan fingerprint density at radius 2 is 1.94 bits per heavy atom. The summed E-state index contributed by atoms with van der Waals surface area (Å²) >= 11 is 5.96. The highest BCUT2D eigenvalue weighted by atomic mass is 35.5. The molecule has 0 spiro atoms. The Kier molecular flexibility index (Phi) is 7.00. The van der Waals surface area contributed by atoms with Crippen LogP contribution in [0.4, 0.5) is 5.69 Å². The molecule has 7 nitrogen and oxygen atoms in total. The molecule has 170 valence electrons. The first kappa shape index (κ1) is 22.5. The van der Waals surface area contributed by atoms with E-state index in [1.807, 2.05) is 37.3 Å². The van der Waals surface area contributed by atoms with E-state index in [9.17, 15) is 4.79 Å². The maximum Gasteiger partial charge on any atom is 0.291 e. The number of benzene rings is 2. The van der Waals surface area contributed by atoms with E-state index in [1.54, 1.807) is 41.3 Å². The van der Waals surface area contributed by atoms with Gasteiger partial charge in [-0.05, 0) is 66.9 Å². The summed E-state index contributed by atoms with van der Waals surface area (Å²) in [7, 11) is 0. The van der Waals surface area contributed by atoms with Gasteiger partial charge in [0.05, 0.1) is 18.1 Å². The number of nitrogens with zero attached hydrogens (tertiary/aromatic N) is 2. The van der Waals surface area contributed by atoms with Crippen molar-refractivity contribution in [3.63, 3.8) is 0 Å². The van der Waals surface area contributed by atoms with Gasteiger partial charge in [0.1, 0.15) is 23.9 Å². The summed E-state index contributed by atoms with van der Waals surface area (Å²) in [6, 6.07) is 16.6. The molecule has 0 aliphatic carbocycles. The fourth-order valence-corrected chi connectivity index (χ4v) is 3.38. The van der Waals surface area contributed by atoms with Gasteiger partial charge < -0.3 is 19.2 Å². The van der Waals surface area contributed by atoms with E-state index in [2.05, 4.69) is 17.3 Å². The average Bonchev–Trinajstić information content (AvgIpc) is 3.47. The number of ether oxygens (including phenoxy) is 2. The highest BCUT2D eigenvalue weighted by molar-refractivity contribution is 6.30. The molecule has 0 fully saturated rings. The Bertz CT molecular complexity index is 1230. The Morgan fingerprint density at radius 1 is 1.12 bits per heavy atom. The van der Waals surface area contributed by atoms with Gasteiger partial charge in [0, 0.05) is 5.02 Å². The normalized spacial score (nSPS) is 10.8. The van der Waals surface area contributed by atoms with Crippen molar-refractivity contribution in [1.82, 2.24) is 9.78 Å². The molecule has 0 saturated carbocycles. The van der Waals surface area contributed by atoms with Crippen molar-refractivity contribution in [2.24, 2.45) is 0 Å². The highest BCUT2D eigenvalue weighted by Gasteiger charge is 2.13. The van der Waals surface area contributed by atoms with Crippen molar-refractivity contribution in [2.45, 2.75) is 33.6 Å². The largest absolute Gasteiger partial charge is 0.485 e. The van der Waals surface area contributed by atoms with Crippen LogP contribution >= 0.6 is 11.6 Å². The zero-order valence-corrected chi connectivity index (χ0v) is 19.1. The summed E-state index contributed by atoms with van der Waals surface area (Å²) in [6.07, 6.45) is 4.22. The second-order valence-corrected chi connectivity index (χ2v) is 7.89. The molecule has 2 aromatic carbocycles. The van der Waals surface area contributed by atoms with Gasteiger partial charge in [-0.15, -0.1) is 0 Å². The summed E-state index contributed by atoms with van der Waals surface area (Å²) < 4.78 is 18.7. The smallest absolute Gasteiger partial charge is 0.291 e. The summed E-state index contributed by atoms with van der Waals surface area (Å²) in [5.41, 5.74) is 2.71. The lowest BCUT2D eigenvalue weighted by atomic mass is 10.2. The lowest BCUT2D eigenvalue weighted by Gasteiger charge is -2.07. The van der Waals surface area contributed by atoms with Crippen molar-refractivity contribution >= 4 is 23.2 Å². The molecule has 8 heteroatoms. The summed E-state index contributed by atoms with van der Waals surface area (Å²) in [6.45, 7) is 4.45. The van der Waals surface area contributed by atoms with Crippen LogP contribution in [-0.4, -0.2) is 15.7 Å². The minimum Gasteiger partial charge on any atom is -0.485 e. The van der Waals surface area contributed by atoms with Gasteiger partial charge in [0.2, 0.25) is 0 Å². The van der Waals surface area contributed by atoms with Crippen LogP contribution in [0.25, 0.3) is 0 Å². The van der Waals surface area contributed by atoms with Crippen molar-refractivity contribution in [1.29, 1.82) is 0 Å². The van der Waals surface area contributed by atoms with Crippen molar-refractivity contribution < 1.29 is 18.7 Å². The summed E-state index contributed by atoms with van der Waals surface area (Å²) in [5.74, 6) is 1.80. The van der Waals surface area contributed by atoms with Crippen LogP contribution < -0.4 is 14.8 Å². The molecule has 0 unspecified atom stereocenters. The molecule has 33 heavy (non-hydrogen) atoms. The summed E-state index contributed by atoms with van der Waals surface area (Å²) in [4.78, 5) is 12.5. The number of hydrogen-bond donors (Lipinski definition) is 1. The molecule has 0 bridgehead atoms. The van der Waals surface area contributed by atoms with Crippen LogP contribution in [0, 0.1) is 6.92 Å². The number of rotatable bonds is 9. The SMILES string of the molecule is CCc1ccc(OCn2cc(NC(=O)c3ccc(COc4ccc(Cl)cc4C)o3)cn2)cc1. The number of nitrogens with one attached hydrogen (secondary N) is 1. The number of carbonyl (C=O) groups excluding carboxylic acids is 1. The van der Waals surface area contributed by atoms with E-state index in [0.717, 1.165) is 17.7 Å². The molecule has 0 aliphatic rings. The van der Waals surface area contributed by atoms with E-state index in [-0.39, 0.29) is 25.0 Å². The minimum absolute atomic E-state index is 0.182. The summed E-state index contributed by atoms with van der Waals surface area (Å²) in [5, 5.41) is 7.63. The zero-order valence-electron chi connectivity index (χ0n) is 18.4. The van der Waals surface area contributed by atoms with Gasteiger partial charge in [-0.25, -0.2) is 4.68 Å². The lowest BCUT2D eigenvalue weighted by molar-refractivity contribution is 0.0992. The highest BCUT2D eigenvalue weighted by Crippen LogP contribution is 2.23. The fraction of sp³-hybridized carbons (Fsp3) is 0.200. The van der Waals surface area contributed by atoms with Crippen LogP contribution in [-0.2, 0) is 19.8 Å². The molecule has 1 N–H and O–H groups in total. The average molecular weight is 466 g/mol. The molecular formula is C25H24ClN3O4. The van der Waals surface area contributed by atoms with Crippen molar-refractivity contribution in [2.75, 3.05) is 5.32 Å². The molecular weight excluding hydrogens is 442 g/mol. The fourth-order valence-electron chi connectivity index (χ4n) is 3.15. The molecule has 0 saturated heterocycles. The Balaban J connectivity index is 1.28. The predicted molar refractivity (Wildman–Crippen MR) is 126 cm³/mol. The molecule has 0 aliphatic heterocycles. The molecule has 4 aromatic rings. The van der Waals surface area contributed by atoms with Crippen molar-refractivity contribution in [3.05, 3.63) is 94.7 Å². The third kappa shape index (κ3) is 5.96. The van der Waals surface area contributed by atoms with Gasteiger partial charge in [0.15, 0.2) is 12.5 Å².